The van der Waals surface area contributed by atoms with Gasteiger partial charge >= 0.3 is 0 Å². The first-order valence-corrected chi connectivity index (χ1v) is 3.34. The van der Waals surface area contributed by atoms with E-state index in [2.05, 4.69) is 12.6 Å². The first kappa shape index (κ1) is 8.97. The Morgan fingerprint density at radius 1 is 1.70 bits per heavy atom. The van der Waals surface area contributed by atoms with Crippen LogP contribution in [-0.4, -0.2) is 0 Å². The molecular weight excluding hydrogens is 122 g/mol. The maximum Gasteiger partial charge on any atom is 0.0757 e. The van der Waals surface area contributed by atoms with Crippen LogP contribution in [0.3, 0.4) is 0 Å². The van der Waals surface area contributed by atoms with Crippen LogP contribution in [0.25, 0.3) is 0 Å². The first-order chi connectivity index (χ1) is 4.68. The minimum absolute atomic E-state index is 0.382. The van der Waals surface area contributed by atoms with Crippen LogP contribution in [-0.2, 0) is 0 Å². The third-order valence-corrected chi connectivity index (χ3v) is 1.48. The Morgan fingerprint density at radius 3 is 2.60 bits per heavy atom. The van der Waals surface area contributed by atoms with Gasteiger partial charge in [0.15, 0.2) is 0 Å². The Morgan fingerprint density at radius 2 is 2.30 bits per heavy atom. The van der Waals surface area contributed by atoms with Gasteiger partial charge in [0.25, 0.3) is 0 Å². The standard InChI is InChI=1S/C9H13N/c1-4-6-7-9(3,5-2)8-10/h4-6H,2,7H2,1,3H3. The number of hydrogen-bond acceptors (Lipinski definition) is 1. The van der Waals surface area contributed by atoms with Crippen molar-refractivity contribution in [3.63, 3.8) is 0 Å². The van der Waals surface area contributed by atoms with Crippen molar-refractivity contribution in [1.29, 1.82) is 5.26 Å². The van der Waals surface area contributed by atoms with E-state index in [9.17, 15) is 0 Å². The van der Waals surface area contributed by atoms with Crippen LogP contribution in [0.4, 0.5) is 0 Å². The lowest BCUT2D eigenvalue weighted by molar-refractivity contribution is 0.580. The van der Waals surface area contributed by atoms with E-state index in [-0.39, 0.29) is 5.41 Å². The molecule has 0 spiro atoms. The number of nitriles is 1. The van der Waals surface area contributed by atoms with E-state index >= 15 is 0 Å². The molecule has 0 radical (unpaired) electrons. The van der Waals surface area contributed by atoms with E-state index in [1.165, 1.54) is 0 Å². The fourth-order valence-electron chi connectivity index (χ4n) is 0.537. The van der Waals surface area contributed by atoms with Crippen LogP contribution in [0.1, 0.15) is 20.3 Å². The van der Waals surface area contributed by atoms with Crippen molar-refractivity contribution >= 4 is 0 Å². The van der Waals surface area contributed by atoms with Crippen LogP contribution in [0.5, 0.6) is 0 Å². The van der Waals surface area contributed by atoms with Gasteiger partial charge in [-0.2, -0.15) is 5.26 Å². The minimum atomic E-state index is -0.382. The third-order valence-electron chi connectivity index (χ3n) is 1.48. The Kier molecular flexibility index (Phi) is 3.49. The highest BCUT2D eigenvalue weighted by molar-refractivity contribution is 5.10. The first-order valence-electron chi connectivity index (χ1n) is 3.34. The Balaban J connectivity index is 4.10. The van der Waals surface area contributed by atoms with Gasteiger partial charge in [-0.1, -0.05) is 18.2 Å². The zero-order valence-corrected chi connectivity index (χ0v) is 6.59. The van der Waals surface area contributed by atoms with Crippen molar-refractivity contribution in [3.8, 4) is 6.07 Å². The van der Waals surface area contributed by atoms with Gasteiger partial charge in [0.05, 0.1) is 11.5 Å². The molecule has 54 valence electrons. The molecule has 0 amide bonds. The molecule has 0 fully saturated rings. The molecule has 0 saturated heterocycles. The molecule has 0 aliphatic carbocycles. The zero-order valence-electron chi connectivity index (χ0n) is 6.59. The maximum absolute atomic E-state index is 8.66. The topological polar surface area (TPSA) is 23.8 Å². The van der Waals surface area contributed by atoms with Crippen LogP contribution >= 0.6 is 0 Å². The fraction of sp³-hybridized carbons (Fsp3) is 0.444. The molecule has 0 bridgehead atoms. The highest BCUT2D eigenvalue weighted by atomic mass is 14.3. The second kappa shape index (κ2) is 3.90. The molecule has 1 nitrogen and oxygen atoms in total. The monoisotopic (exact) mass is 135 g/mol. The number of rotatable bonds is 3. The summed E-state index contributed by atoms with van der Waals surface area (Å²) in [5.41, 5.74) is -0.382. The molecule has 0 N–H and O–H groups in total. The summed E-state index contributed by atoms with van der Waals surface area (Å²) in [5.74, 6) is 0. The SMILES string of the molecule is C=CC(C)(C#N)CC=CC. The van der Waals surface area contributed by atoms with Crippen molar-refractivity contribution in [1.82, 2.24) is 0 Å². The quantitative estimate of drug-likeness (QED) is 0.546. The Labute approximate surface area is 62.7 Å². The summed E-state index contributed by atoms with van der Waals surface area (Å²) in [6.07, 6.45) is 6.36. The average molecular weight is 135 g/mol. The lowest BCUT2D eigenvalue weighted by atomic mass is 9.89. The summed E-state index contributed by atoms with van der Waals surface area (Å²) in [6, 6.07) is 2.19. The highest BCUT2D eigenvalue weighted by Gasteiger charge is 2.16. The maximum atomic E-state index is 8.66. The molecule has 1 heteroatoms. The van der Waals surface area contributed by atoms with Crippen molar-refractivity contribution < 1.29 is 0 Å². The largest absolute Gasteiger partial charge is 0.197 e. The zero-order chi connectivity index (χ0) is 8.04. The van der Waals surface area contributed by atoms with Crippen molar-refractivity contribution in [2.24, 2.45) is 5.41 Å². The van der Waals surface area contributed by atoms with E-state index in [0.717, 1.165) is 6.42 Å². The summed E-state index contributed by atoms with van der Waals surface area (Å²) in [7, 11) is 0. The molecule has 0 aliphatic heterocycles. The molecule has 0 saturated carbocycles. The third kappa shape index (κ3) is 2.50. The van der Waals surface area contributed by atoms with E-state index in [0.29, 0.717) is 0 Å². The van der Waals surface area contributed by atoms with Gasteiger partial charge in [0.2, 0.25) is 0 Å². The Hall–Kier alpha value is -1.03. The smallest absolute Gasteiger partial charge is 0.0757 e. The molecule has 0 aromatic heterocycles. The van der Waals surface area contributed by atoms with Crippen molar-refractivity contribution in [2.45, 2.75) is 20.3 Å². The number of allylic oxidation sites excluding steroid dienone is 3. The van der Waals surface area contributed by atoms with E-state index < -0.39 is 0 Å². The second-order valence-corrected chi connectivity index (χ2v) is 2.51. The van der Waals surface area contributed by atoms with Gasteiger partial charge in [-0.15, -0.1) is 6.58 Å². The van der Waals surface area contributed by atoms with Crippen LogP contribution in [0, 0.1) is 16.7 Å². The van der Waals surface area contributed by atoms with Crippen LogP contribution < -0.4 is 0 Å². The van der Waals surface area contributed by atoms with E-state index in [4.69, 9.17) is 5.26 Å². The molecule has 0 aromatic rings. The lowest BCUT2D eigenvalue weighted by Crippen LogP contribution is -2.07. The summed E-state index contributed by atoms with van der Waals surface area (Å²) in [4.78, 5) is 0. The molecule has 1 unspecified atom stereocenters. The fourth-order valence-corrected chi connectivity index (χ4v) is 0.537. The Bertz CT molecular complexity index is 174. The number of hydrogen-bond donors (Lipinski definition) is 0. The molecule has 0 aromatic carbocycles. The minimum Gasteiger partial charge on any atom is -0.197 e. The van der Waals surface area contributed by atoms with Gasteiger partial charge < -0.3 is 0 Å². The van der Waals surface area contributed by atoms with Gasteiger partial charge in [-0.05, 0) is 20.3 Å². The normalized spacial score (nSPS) is 16.1. The molecule has 0 rings (SSSR count). The van der Waals surface area contributed by atoms with E-state index in [1.54, 1.807) is 6.08 Å². The van der Waals surface area contributed by atoms with Crippen molar-refractivity contribution in [3.05, 3.63) is 24.8 Å². The van der Waals surface area contributed by atoms with Gasteiger partial charge in [0, 0.05) is 0 Å². The average Bonchev–Trinajstić information content (AvgIpc) is 2.00. The lowest BCUT2D eigenvalue weighted by Gasteiger charge is -2.12. The summed E-state index contributed by atoms with van der Waals surface area (Å²) >= 11 is 0. The van der Waals surface area contributed by atoms with Crippen LogP contribution in [0.15, 0.2) is 24.8 Å². The molecular formula is C9H13N. The molecule has 0 aliphatic rings. The van der Waals surface area contributed by atoms with Gasteiger partial charge in [0.1, 0.15) is 0 Å². The van der Waals surface area contributed by atoms with Crippen LogP contribution in [0.2, 0.25) is 0 Å². The molecule has 1 atom stereocenters. The van der Waals surface area contributed by atoms with Gasteiger partial charge in [-0.25, -0.2) is 0 Å². The summed E-state index contributed by atoms with van der Waals surface area (Å²) < 4.78 is 0. The second-order valence-electron chi connectivity index (χ2n) is 2.51. The highest BCUT2D eigenvalue weighted by Crippen LogP contribution is 2.21. The molecule has 10 heavy (non-hydrogen) atoms. The predicted octanol–water partition coefficient (Wildman–Crippen LogP) is 2.67. The molecule has 0 heterocycles. The summed E-state index contributed by atoms with van der Waals surface area (Å²) in [6.45, 7) is 7.42. The number of nitrogens with zero attached hydrogens (tertiary/aromatic N) is 1. The predicted molar refractivity (Wildman–Crippen MR) is 43.3 cm³/mol. The van der Waals surface area contributed by atoms with Crippen molar-refractivity contribution in [2.75, 3.05) is 0 Å². The van der Waals surface area contributed by atoms with Gasteiger partial charge in [-0.3, -0.25) is 0 Å². The van der Waals surface area contributed by atoms with E-state index in [1.807, 2.05) is 26.0 Å². The summed E-state index contributed by atoms with van der Waals surface area (Å²) in [5, 5.41) is 8.66.